The van der Waals surface area contributed by atoms with Crippen LogP contribution < -0.4 is 5.32 Å². The molecular formula is C30H27FN6O. The van der Waals surface area contributed by atoms with Crippen LogP contribution in [0.3, 0.4) is 0 Å². The zero-order chi connectivity index (χ0) is 25.9. The van der Waals surface area contributed by atoms with Gasteiger partial charge in [-0.15, -0.1) is 0 Å². The SMILES string of the molecule is O=C(Nc1ccc(-c2cccc(F)c2)nc1)c1n[nH]c2ccc(-c3cncc(CN4CCCCC4)c3)cc12. The van der Waals surface area contributed by atoms with Crippen LogP contribution in [-0.2, 0) is 6.54 Å². The van der Waals surface area contributed by atoms with E-state index < -0.39 is 0 Å². The highest BCUT2D eigenvalue weighted by Crippen LogP contribution is 2.27. The molecule has 2 N–H and O–H groups in total. The highest BCUT2D eigenvalue weighted by molar-refractivity contribution is 6.11. The van der Waals surface area contributed by atoms with E-state index in [0.717, 1.165) is 41.7 Å². The predicted octanol–water partition coefficient (Wildman–Crippen LogP) is 6.06. The van der Waals surface area contributed by atoms with Crippen molar-refractivity contribution < 1.29 is 9.18 Å². The standard InChI is InChI=1S/C30H27FN6O/c31-24-6-4-5-22(14-24)27-10-8-25(18-33-27)34-30(38)29-26-15-21(7-9-28(26)35-36-29)23-13-20(16-32-17-23)19-37-11-2-1-3-12-37/h4-10,13-18H,1-3,11-12,19H2,(H,34,38)(H,35,36). The lowest BCUT2D eigenvalue weighted by molar-refractivity contribution is 0.102. The van der Waals surface area contributed by atoms with Gasteiger partial charge in [-0.1, -0.05) is 24.6 Å². The van der Waals surface area contributed by atoms with Crippen LogP contribution in [0.2, 0.25) is 0 Å². The quantitative estimate of drug-likeness (QED) is 0.292. The van der Waals surface area contributed by atoms with E-state index >= 15 is 0 Å². The van der Waals surface area contributed by atoms with Crippen LogP contribution in [0.1, 0.15) is 35.3 Å². The molecule has 8 heteroatoms. The van der Waals surface area contributed by atoms with Crippen molar-refractivity contribution in [3.05, 3.63) is 96.3 Å². The van der Waals surface area contributed by atoms with Crippen molar-refractivity contribution in [1.82, 2.24) is 25.1 Å². The van der Waals surface area contributed by atoms with Crippen molar-refractivity contribution in [3.63, 3.8) is 0 Å². The molecule has 5 aromatic rings. The molecular weight excluding hydrogens is 479 g/mol. The number of benzene rings is 2. The summed E-state index contributed by atoms with van der Waals surface area (Å²) in [6.07, 6.45) is 9.15. The van der Waals surface area contributed by atoms with E-state index in [0.29, 0.717) is 22.6 Å². The molecule has 0 saturated carbocycles. The molecule has 0 radical (unpaired) electrons. The largest absolute Gasteiger partial charge is 0.319 e. The Bertz CT molecular complexity index is 1590. The lowest BCUT2D eigenvalue weighted by Gasteiger charge is -2.26. The molecule has 1 aliphatic rings. The first-order valence-electron chi connectivity index (χ1n) is 12.8. The second kappa shape index (κ2) is 10.5. The minimum absolute atomic E-state index is 0.300. The molecule has 1 amide bonds. The van der Waals surface area contributed by atoms with Crippen molar-refractivity contribution >= 4 is 22.5 Å². The number of anilines is 1. The van der Waals surface area contributed by atoms with Gasteiger partial charge in [0, 0.05) is 35.5 Å². The zero-order valence-electron chi connectivity index (χ0n) is 20.8. The maximum atomic E-state index is 13.5. The van der Waals surface area contributed by atoms with Crippen LogP contribution in [0.15, 0.2) is 79.3 Å². The lowest BCUT2D eigenvalue weighted by atomic mass is 10.0. The van der Waals surface area contributed by atoms with Gasteiger partial charge in [-0.2, -0.15) is 5.10 Å². The average molecular weight is 507 g/mol. The summed E-state index contributed by atoms with van der Waals surface area (Å²) in [5, 5.41) is 10.8. The Kier molecular flexibility index (Phi) is 6.62. The number of aromatic amines is 1. The molecule has 2 aromatic carbocycles. The molecule has 7 nitrogen and oxygen atoms in total. The maximum absolute atomic E-state index is 13.5. The third-order valence-corrected chi connectivity index (χ3v) is 6.90. The first-order chi connectivity index (χ1) is 18.6. The molecule has 0 aliphatic carbocycles. The van der Waals surface area contributed by atoms with Crippen molar-refractivity contribution in [2.24, 2.45) is 0 Å². The van der Waals surface area contributed by atoms with Gasteiger partial charge in [-0.25, -0.2) is 4.39 Å². The molecule has 0 bridgehead atoms. The zero-order valence-corrected chi connectivity index (χ0v) is 20.8. The van der Waals surface area contributed by atoms with Crippen LogP contribution in [0.25, 0.3) is 33.3 Å². The fourth-order valence-corrected chi connectivity index (χ4v) is 4.95. The number of amides is 1. The number of hydrogen-bond donors (Lipinski definition) is 2. The number of carbonyl (C=O) groups excluding carboxylic acids is 1. The Balaban J connectivity index is 1.21. The molecule has 3 aromatic heterocycles. The summed E-state index contributed by atoms with van der Waals surface area (Å²) in [5.74, 6) is -0.665. The van der Waals surface area contributed by atoms with Crippen LogP contribution in [0.4, 0.5) is 10.1 Å². The van der Waals surface area contributed by atoms with Gasteiger partial charge >= 0.3 is 0 Å². The van der Waals surface area contributed by atoms with Gasteiger partial charge in [-0.3, -0.25) is 24.8 Å². The summed E-state index contributed by atoms with van der Waals surface area (Å²) in [4.78, 5) is 24.5. The number of fused-ring (bicyclic) bond motifs is 1. The molecule has 6 rings (SSSR count). The number of nitrogens with zero attached hydrogens (tertiary/aromatic N) is 4. The third kappa shape index (κ3) is 5.17. The Morgan fingerprint density at radius 1 is 0.921 bits per heavy atom. The summed E-state index contributed by atoms with van der Waals surface area (Å²) >= 11 is 0. The number of nitrogens with one attached hydrogen (secondary N) is 2. The summed E-state index contributed by atoms with van der Waals surface area (Å²) in [6.45, 7) is 3.16. The minimum atomic E-state index is -0.342. The van der Waals surface area contributed by atoms with Crippen molar-refractivity contribution in [3.8, 4) is 22.4 Å². The molecule has 1 saturated heterocycles. The van der Waals surface area contributed by atoms with Gasteiger partial charge in [0.2, 0.25) is 0 Å². The highest BCUT2D eigenvalue weighted by atomic mass is 19.1. The van der Waals surface area contributed by atoms with E-state index in [1.54, 1.807) is 30.5 Å². The highest BCUT2D eigenvalue weighted by Gasteiger charge is 2.16. The minimum Gasteiger partial charge on any atom is -0.319 e. The number of H-pyrrole nitrogens is 1. The van der Waals surface area contributed by atoms with Crippen molar-refractivity contribution in [1.29, 1.82) is 0 Å². The molecule has 1 aliphatic heterocycles. The van der Waals surface area contributed by atoms with E-state index in [-0.39, 0.29) is 11.7 Å². The number of pyridine rings is 2. The summed E-state index contributed by atoms with van der Waals surface area (Å²) in [7, 11) is 0. The van der Waals surface area contributed by atoms with Crippen LogP contribution >= 0.6 is 0 Å². The first kappa shape index (κ1) is 23.9. The first-order valence-corrected chi connectivity index (χ1v) is 12.8. The molecule has 0 atom stereocenters. The monoisotopic (exact) mass is 506 g/mol. The van der Waals surface area contributed by atoms with Gasteiger partial charge in [0.15, 0.2) is 5.69 Å². The van der Waals surface area contributed by atoms with Gasteiger partial charge in [-0.05, 0) is 79.5 Å². The van der Waals surface area contributed by atoms with Crippen LogP contribution in [0.5, 0.6) is 0 Å². The number of carbonyl (C=O) groups is 1. The number of piperidine rings is 1. The number of aromatic nitrogens is 4. The Morgan fingerprint density at radius 2 is 1.82 bits per heavy atom. The van der Waals surface area contributed by atoms with E-state index in [1.807, 2.05) is 30.6 Å². The number of hydrogen-bond acceptors (Lipinski definition) is 5. The molecule has 1 fully saturated rings. The summed E-state index contributed by atoms with van der Waals surface area (Å²) in [5.41, 5.74) is 6.05. The lowest BCUT2D eigenvalue weighted by Crippen LogP contribution is -2.29. The Hall–Kier alpha value is -4.43. The van der Waals surface area contributed by atoms with Crippen molar-refractivity contribution in [2.45, 2.75) is 25.8 Å². The fourth-order valence-electron chi connectivity index (χ4n) is 4.95. The fraction of sp³-hybridized carbons (Fsp3) is 0.200. The topological polar surface area (TPSA) is 86.8 Å². The number of rotatable bonds is 6. The molecule has 38 heavy (non-hydrogen) atoms. The number of halogens is 1. The summed E-state index contributed by atoms with van der Waals surface area (Å²) < 4.78 is 13.5. The van der Waals surface area contributed by atoms with Gasteiger partial charge < -0.3 is 5.32 Å². The van der Waals surface area contributed by atoms with E-state index in [2.05, 4.69) is 36.4 Å². The van der Waals surface area contributed by atoms with Crippen molar-refractivity contribution in [2.75, 3.05) is 18.4 Å². The molecule has 0 spiro atoms. The second-order valence-corrected chi connectivity index (χ2v) is 9.65. The van der Waals surface area contributed by atoms with E-state index in [9.17, 15) is 9.18 Å². The maximum Gasteiger partial charge on any atom is 0.276 e. The van der Waals surface area contributed by atoms with Crippen LogP contribution in [0, 0.1) is 5.82 Å². The summed E-state index contributed by atoms with van der Waals surface area (Å²) in [6, 6.07) is 17.8. The molecule has 0 unspecified atom stereocenters. The Labute approximate surface area is 219 Å². The molecule has 4 heterocycles. The predicted molar refractivity (Wildman–Crippen MR) is 146 cm³/mol. The number of likely N-dealkylation sites (tertiary alicyclic amines) is 1. The second-order valence-electron chi connectivity index (χ2n) is 9.65. The average Bonchev–Trinajstić information content (AvgIpc) is 3.38. The van der Waals surface area contributed by atoms with Gasteiger partial charge in [0.1, 0.15) is 5.82 Å². The molecule has 190 valence electrons. The van der Waals surface area contributed by atoms with Gasteiger partial charge in [0.25, 0.3) is 5.91 Å². The Morgan fingerprint density at radius 3 is 2.63 bits per heavy atom. The van der Waals surface area contributed by atoms with E-state index in [1.165, 1.54) is 37.0 Å². The van der Waals surface area contributed by atoms with E-state index in [4.69, 9.17) is 0 Å². The normalized spacial score (nSPS) is 14.0. The third-order valence-electron chi connectivity index (χ3n) is 6.90. The van der Waals surface area contributed by atoms with Crippen LogP contribution in [-0.4, -0.2) is 44.1 Å². The smallest absolute Gasteiger partial charge is 0.276 e. The van der Waals surface area contributed by atoms with Gasteiger partial charge in [0.05, 0.1) is 23.1 Å².